The molecule has 81 heavy (non-hydrogen) atoms. The first kappa shape index (κ1) is 66.6. The number of hydrogen-bond acceptors (Lipinski definition) is 12. The zero-order valence-electron chi connectivity index (χ0n) is 39.7. The molecule has 2 aliphatic heterocycles. The molecule has 2 saturated heterocycles. The third-order valence-electron chi connectivity index (χ3n) is 11.3. The summed E-state index contributed by atoms with van der Waals surface area (Å²) >= 11 is 3.10. The topological polar surface area (TPSA) is 199 Å². The van der Waals surface area contributed by atoms with Gasteiger partial charge in [0.1, 0.15) is 58.3 Å². The lowest BCUT2D eigenvalue weighted by Crippen LogP contribution is -2.48. The fraction of sp³-hybridized carbons (Fsp3) is 0.204. The number of tetrazole rings is 1. The molecule has 2 aliphatic rings. The van der Waals surface area contributed by atoms with E-state index in [1.807, 2.05) is 0 Å². The van der Waals surface area contributed by atoms with Gasteiger partial charge in [0.25, 0.3) is 0 Å². The number of ether oxygens (including phenoxy) is 2. The number of hydrogen-bond donors (Lipinski definition) is 1. The van der Waals surface area contributed by atoms with Gasteiger partial charge in [0.15, 0.2) is 16.8 Å². The van der Waals surface area contributed by atoms with Crippen LogP contribution in [0.2, 0.25) is 0 Å². The van der Waals surface area contributed by atoms with Gasteiger partial charge in [-0.05, 0) is 110 Å². The second kappa shape index (κ2) is 27.5. The number of aliphatic hydroxyl groups is 1. The Balaban J connectivity index is 0.000000306. The molecule has 2 fully saturated rings. The molecule has 0 amide bonds. The maximum absolute atomic E-state index is 15.4. The van der Waals surface area contributed by atoms with Crippen molar-refractivity contribution in [2.75, 3.05) is 13.2 Å². The van der Waals surface area contributed by atoms with Crippen LogP contribution >= 0.6 is 15.9 Å². The van der Waals surface area contributed by atoms with E-state index in [4.69, 9.17) is 25.3 Å². The number of benzene rings is 3. The molecular formula is C54H42BrF13N10O3. The summed E-state index contributed by atoms with van der Waals surface area (Å²) < 4.78 is 182. The Kier molecular flexibility index (Phi) is 22.6. The van der Waals surface area contributed by atoms with Gasteiger partial charge in [0.05, 0.1) is 38.0 Å². The van der Waals surface area contributed by atoms with Crippen LogP contribution in [0.15, 0.2) is 145 Å². The van der Waals surface area contributed by atoms with Crippen molar-refractivity contribution in [3.8, 4) is 18.2 Å². The van der Waals surface area contributed by atoms with E-state index in [0.29, 0.717) is 33.8 Å². The van der Waals surface area contributed by atoms with Gasteiger partial charge in [-0.25, -0.2) is 31.0 Å². The molecule has 0 aliphatic carbocycles. The number of nitrogens with zero attached hydrogens (tertiary/aromatic N) is 10. The highest BCUT2D eigenvalue weighted by atomic mass is 79.9. The SMILES string of the molecule is C.C.C=CC#N.F.Fc1ccc(C2(C(F)(F)c3ccc(Br)cn3)CO2)c(F)c1.N#C/C=C/c1ccc(C(F)(F)C(O)(Cn2cnnn2)c2ccc(F)cc2F)nc1.N#C/C=C/c1ccc(C(F)(F)C2(c3ccc(F)cc3F)CO2)nc1. The Morgan fingerprint density at radius 3 is 1.40 bits per heavy atom. The molecule has 7 aromatic rings. The van der Waals surface area contributed by atoms with Crippen LogP contribution in [0, 0.1) is 68.9 Å². The van der Waals surface area contributed by atoms with Gasteiger partial charge < -0.3 is 14.6 Å². The predicted molar refractivity (Wildman–Crippen MR) is 269 cm³/mol. The molecule has 13 nitrogen and oxygen atoms in total. The summed E-state index contributed by atoms with van der Waals surface area (Å²) in [6.07, 6.45) is 10.7. The van der Waals surface area contributed by atoms with Gasteiger partial charge in [-0.1, -0.05) is 33.6 Å². The molecule has 3 aromatic carbocycles. The normalized spacial score (nSPS) is 16.7. The standard InChI is InChI=1S/C18H12F4N6O.C17H10F4N2O.C14H8BrF4NO.C3H3N.2CH4.FH/c19-13-4-5-14(15(20)8-13)17(29,10-28-11-25-26-27-28)18(21,22)16-6-3-12(9-24-16)2-1-7-23;18-12-4-5-13(14(19)8-12)16(10-24-16)17(20,21)15-6-3-11(9-23-15)2-1-7-22;15-8-1-4-12(20-6-8)14(18,19)13(7-21-13)10-3-2-9(16)5-11(10)17;1-2-3-4;;;/h1-6,8-9,11,29H,10H2;1-6,8-9H,10H2;1-6H,7H2;2H,1H2;2*1H4;1H/b2*2-1+;;;;;. The largest absolute Gasteiger partial charge is 0.377 e. The fourth-order valence-electron chi connectivity index (χ4n) is 7.29. The summed E-state index contributed by atoms with van der Waals surface area (Å²) in [7, 11) is 0. The average Bonchev–Trinajstić information content (AvgIpc) is 3.79. The maximum Gasteiger partial charge on any atom is 0.324 e. The van der Waals surface area contributed by atoms with Crippen LogP contribution in [-0.4, -0.2) is 53.5 Å². The molecule has 3 atom stereocenters. The molecule has 27 heteroatoms. The molecule has 0 bridgehead atoms. The Labute approximate surface area is 461 Å². The number of halogens is 14. The first-order valence-corrected chi connectivity index (χ1v) is 22.6. The Bertz CT molecular complexity index is 3440. The van der Waals surface area contributed by atoms with E-state index in [1.165, 1.54) is 54.9 Å². The highest BCUT2D eigenvalue weighted by Crippen LogP contribution is 2.57. The quantitative estimate of drug-likeness (QED) is 0.0652. The van der Waals surface area contributed by atoms with E-state index in [2.05, 4.69) is 53.0 Å². The molecule has 0 spiro atoms. The van der Waals surface area contributed by atoms with E-state index >= 15 is 8.78 Å². The molecule has 9 rings (SSSR count). The first-order valence-electron chi connectivity index (χ1n) is 21.9. The Hall–Kier alpha value is -8.68. The highest BCUT2D eigenvalue weighted by Gasteiger charge is 2.69. The molecule has 3 unspecified atom stereocenters. The minimum absolute atomic E-state index is 0. The summed E-state index contributed by atoms with van der Waals surface area (Å²) in [6, 6.07) is 19.1. The van der Waals surface area contributed by atoms with Crippen molar-refractivity contribution in [2.45, 2.75) is 56.0 Å². The molecule has 4 aromatic heterocycles. The number of rotatable bonds is 13. The van der Waals surface area contributed by atoms with Gasteiger partial charge in [-0.2, -0.15) is 42.1 Å². The summed E-state index contributed by atoms with van der Waals surface area (Å²) in [5, 5.41) is 45.5. The molecule has 1 N–H and O–H groups in total. The van der Waals surface area contributed by atoms with Crippen molar-refractivity contribution in [2.24, 2.45) is 0 Å². The van der Waals surface area contributed by atoms with Gasteiger partial charge in [0.2, 0.25) is 0 Å². The van der Waals surface area contributed by atoms with Crippen LogP contribution in [0.4, 0.5) is 57.4 Å². The van der Waals surface area contributed by atoms with Crippen molar-refractivity contribution in [3.63, 3.8) is 0 Å². The minimum atomic E-state index is -4.13. The van der Waals surface area contributed by atoms with Crippen LogP contribution in [-0.2, 0) is 50.6 Å². The number of epoxide rings is 2. The average molecular weight is 1210 g/mol. The molecular weight excluding hydrogens is 1160 g/mol. The second-order valence-corrected chi connectivity index (χ2v) is 17.2. The summed E-state index contributed by atoms with van der Waals surface area (Å²) in [5.41, 5.74) is -10.3. The number of allylic oxidation sites excluding steroid dienone is 3. The first-order chi connectivity index (χ1) is 37.0. The summed E-state index contributed by atoms with van der Waals surface area (Å²) in [4.78, 5) is 11.0. The van der Waals surface area contributed by atoms with Crippen molar-refractivity contribution in [3.05, 3.63) is 225 Å². The number of aromatic nitrogens is 7. The summed E-state index contributed by atoms with van der Waals surface area (Å²) in [5.74, 6) is -17.5. The van der Waals surface area contributed by atoms with Gasteiger partial charge in [-0.15, -0.1) is 5.10 Å². The zero-order chi connectivity index (χ0) is 57.1. The van der Waals surface area contributed by atoms with Crippen LogP contribution < -0.4 is 0 Å². The van der Waals surface area contributed by atoms with Gasteiger partial charge >= 0.3 is 17.8 Å². The van der Waals surface area contributed by atoms with E-state index in [-0.39, 0.29) is 31.7 Å². The van der Waals surface area contributed by atoms with Gasteiger partial charge in [0, 0.05) is 76.2 Å². The monoisotopic (exact) mass is 1200 g/mol. The predicted octanol–water partition coefficient (Wildman–Crippen LogP) is 12.7. The molecule has 6 heterocycles. The van der Waals surface area contributed by atoms with Crippen molar-refractivity contribution in [1.82, 2.24) is 35.2 Å². The Morgan fingerprint density at radius 1 is 0.630 bits per heavy atom. The third kappa shape index (κ3) is 14.4. The smallest absolute Gasteiger partial charge is 0.324 e. The molecule has 0 radical (unpaired) electrons. The second-order valence-electron chi connectivity index (χ2n) is 16.3. The fourth-order valence-corrected chi connectivity index (χ4v) is 7.52. The van der Waals surface area contributed by atoms with Crippen LogP contribution in [0.3, 0.4) is 0 Å². The van der Waals surface area contributed by atoms with Crippen molar-refractivity contribution < 1.29 is 72.0 Å². The third-order valence-corrected chi connectivity index (χ3v) is 11.8. The van der Waals surface area contributed by atoms with Crippen molar-refractivity contribution >= 4 is 28.1 Å². The number of pyridine rings is 3. The molecule has 0 saturated carbocycles. The minimum Gasteiger partial charge on any atom is -0.377 e. The van der Waals surface area contributed by atoms with Gasteiger partial charge in [-0.3, -0.25) is 19.7 Å². The van der Waals surface area contributed by atoms with Crippen LogP contribution in [0.5, 0.6) is 0 Å². The van der Waals surface area contributed by atoms with Crippen molar-refractivity contribution in [1.29, 1.82) is 15.8 Å². The Morgan fingerprint density at radius 2 is 1.05 bits per heavy atom. The lowest BCUT2D eigenvalue weighted by Gasteiger charge is -2.35. The van der Waals surface area contributed by atoms with E-state index in [1.54, 1.807) is 18.2 Å². The van der Waals surface area contributed by atoms with Crippen LogP contribution in [0.1, 0.15) is 59.8 Å². The lowest BCUT2D eigenvalue weighted by molar-refractivity contribution is -0.207. The lowest BCUT2D eigenvalue weighted by atomic mass is 9.84. The van der Waals surface area contributed by atoms with E-state index in [0.717, 1.165) is 77.9 Å². The highest BCUT2D eigenvalue weighted by molar-refractivity contribution is 9.10. The number of nitriles is 3. The van der Waals surface area contributed by atoms with E-state index < -0.39 is 111 Å². The van der Waals surface area contributed by atoms with E-state index in [9.17, 15) is 49.0 Å². The number of alkyl halides is 6. The van der Waals surface area contributed by atoms with Crippen LogP contribution in [0.25, 0.3) is 12.2 Å². The molecule has 424 valence electrons. The maximum atomic E-state index is 15.4. The zero-order valence-corrected chi connectivity index (χ0v) is 41.3. The summed E-state index contributed by atoms with van der Waals surface area (Å²) in [6.45, 7) is 1.42.